The molecule has 0 fully saturated rings. The van der Waals surface area contributed by atoms with Crippen LogP contribution >= 0.6 is 11.3 Å². The molecule has 6 nitrogen and oxygen atoms in total. The topological polar surface area (TPSA) is 90.7 Å². The molecule has 0 bridgehead atoms. The Morgan fingerprint density at radius 1 is 1.12 bits per heavy atom. The molecule has 130 valence electrons. The molecular weight excluding hydrogens is 340 g/mol. The highest BCUT2D eigenvalue weighted by Crippen LogP contribution is 2.39. The molecule has 1 aromatic carbocycles. The highest BCUT2D eigenvalue weighted by molar-refractivity contribution is 7.17. The van der Waals surface area contributed by atoms with E-state index in [1.807, 2.05) is 0 Å². The standard InChI is InChI=1S/C18H18N2O4S/c19-16(21)14-10-5-2-1-3-8-13(10)25-18(14)20-17(22)11-6-4-7-12-15(11)24-9-23-12/h4,6-7H,1-3,5,8-9H2,(H2,19,21)(H,20,22). The predicted molar refractivity (Wildman–Crippen MR) is 94.6 cm³/mol. The van der Waals surface area contributed by atoms with Crippen LogP contribution in [0, 0.1) is 0 Å². The van der Waals surface area contributed by atoms with Crippen molar-refractivity contribution in [2.75, 3.05) is 12.1 Å². The summed E-state index contributed by atoms with van der Waals surface area (Å²) in [4.78, 5) is 25.9. The molecule has 1 aliphatic heterocycles. The van der Waals surface area contributed by atoms with Crippen molar-refractivity contribution >= 4 is 28.2 Å². The van der Waals surface area contributed by atoms with E-state index < -0.39 is 5.91 Å². The minimum atomic E-state index is -0.493. The van der Waals surface area contributed by atoms with Crippen molar-refractivity contribution < 1.29 is 19.1 Å². The van der Waals surface area contributed by atoms with E-state index in [1.165, 1.54) is 11.3 Å². The summed E-state index contributed by atoms with van der Waals surface area (Å²) in [6, 6.07) is 5.16. The Kier molecular flexibility index (Phi) is 4.09. The molecule has 0 atom stereocenters. The first kappa shape index (κ1) is 16.0. The summed E-state index contributed by atoms with van der Waals surface area (Å²) >= 11 is 1.46. The number of carbonyl (C=O) groups is 2. The number of anilines is 1. The number of rotatable bonds is 3. The number of benzene rings is 1. The van der Waals surface area contributed by atoms with Gasteiger partial charge in [-0.2, -0.15) is 0 Å². The number of aryl methyl sites for hydroxylation is 1. The Morgan fingerprint density at radius 2 is 1.96 bits per heavy atom. The maximum absolute atomic E-state index is 12.7. The van der Waals surface area contributed by atoms with Crippen LogP contribution in [0.1, 0.15) is 50.4 Å². The number of ether oxygens (including phenoxy) is 2. The van der Waals surface area contributed by atoms with E-state index in [0.717, 1.165) is 42.5 Å². The molecular formula is C18H18N2O4S. The Morgan fingerprint density at radius 3 is 2.80 bits per heavy atom. The largest absolute Gasteiger partial charge is 0.454 e. The Bertz CT molecular complexity index is 859. The van der Waals surface area contributed by atoms with Crippen LogP contribution in [0.25, 0.3) is 0 Å². The number of hydrogen-bond acceptors (Lipinski definition) is 5. The summed E-state index contributed by atoms with van der Waals surface area (Å²) in [5.41, 5.74) is 7.46. The first-order chi connectivity index (χ1) is 12.1. The van der Waals surface area contributed by atoms with Crippen molar-refractivity contribution in [3.8, 4) is 11.5 Å². The lowest BCUT2D eigenvalue weighted by molar-refractivity contribution is 0.100. The molecule has 0 spiro atoms. The van der Waals surface area contributed by atoms with Gasteiger partial charge in [-0.05, 0) is 43.4 Å². The fraction of sp³-hybridized carbons (Fsp3) is 0.333. The lowest BCUT2D eigenvalue weighted by atomic mass is 10.1. The van der Waals surface area contributed by atoms with Gasteiger partial charge in [0.25, 0.3) is 11.8 Å². The molecule has 0 saturated carbocycles. The number of amides is 2. The van der Waals surface area contributed by atoms with Gasteiger partial charge in [-0.1, -0.05) is 12.5 Å². The highest BCUT2D eigenvalue weighted by atomic mass is 32.1. The number of carbonyl (C=O) groups excluding carboxylic acids is 2. The van der Waals surface area contributed by atoms with Gasteiger partial charge < -0.3 is 20.5 Å². The van der Waals surface area contributed by atoms with Crippen LogP contribution in [0.4, 0.5) is 5.00 Å². The molecule has 7 heteroatoms. The van der Waals surface area contributed by atoms with Crippen molar-refractivity contribution in [1.29, 1.82) is 0 Å². The molecule has 0 unspecified atom stereocenters. The third kappa shape index (κ3) is 2.84. The van der Waals surface area contributed by atoms with E-state index in [1.54, 1.807) is 18.2 Å². The van der Waals surface area contributed by atoms with E-state index in [4.69, 9.17) is 15.2 Å². The zero-order chi connectivity index (χ0) is 17.4. The van der Waals surface area contributed by atoms with Gasteiger partial charge >= 0.3 is 0 Å². The summed E-state index contributed by atoms with van der Waals surface area (Å²) in [6.07, 6.45) is 5.03. The maximum Gasteiger partial charge on any atom is 0.260 e. The molecule has 2 aliphatic rings. The van der Waals surface area contributed by atoms with Crippen LogP contribution < -0.4 is 20.5 Å². The number of fused-ring (bicyclic) bond motifs is 2. The molecule has 4 rings (SSSR count). The van der Waals surface area contributed by atoms with Gasteiger partial charge in [0.2, 0.25) is 6.79 Å². The number of nitrogens with two attached hydrogens (primary N) is 1. The number of nitrogens with one attached hydrogen (secondary N) is 1. The normalized spacial score (nSPS) is 15.4. The van der Waals surface area contributed by atoms with Gasteiger partial charge in [0, 0.05) is 4.88 Å². The third-order valence-corrected chi connectivity index (χ3v) is 5.74. The second-order valence-corrected chi connectivity index (χ2v) is 7.23. The average Bonchev–Trinajstić information content (AvgIpc) is 3.13. The molecule has 2 aromatic rings. The van der Waals surface area contributed by atoms with E-state index in [0.29, 0.717) is 27.6 Å². The van der Waals surface area contributed by atoms with Crippen LogP contribution in [0.5, 0.6) is 11.5 Å². The number of thiophene rings is 1. The van der Waals surface area contributed by atoms with Crippen LogP contribution in [0.15, 0.2) is 18.2 Å². The Balaban J connectivity index is 1.68. The SMILES string of the molecule is NC(=O)c1c(NC(=O)c2cccc3c2OCO3)sc2c1CCCCC2. The van der Waals surface area contributed by atoms with Crippen molar-refractivity contribution in [2.45, 2.75) is 32.1 Å². The van der Waals surface area contributed by atoms with Crippen LogP contribution in [-0.4, -0.2) is 18.6 Å². The summed E-state index contributed by atoms with van der Waals surface area (Å²) < 4.78 is 10.7. The third-order valence-electron chi connectivity index (χ3n) is 4.54. The molecule has 1 aromatic heterocycles. The van der Waals surface area contributed by atoms with E-state index in [2.05, 4.69) is 5.32 Å². The molecule has 2 heterocycles. The van der Waals surface area contributed by atoms with Gasteiger partial charge in [-0.25, -0.2) is 0 Å². The lowest BCUT2D eigenvalue weighted by Crippen LogP contribution is -2.18. The molecule has 25 heavy (non-hydrogen) atoms. The van der Waals surface area contributed by atoms with E-state index >= 15 is 0 Å². The van der Waals surface area contributed by atoms with Crippen molar-refractivity contribution in [3.05, 3.63) is 39.8 Å². The smallest absolute Gasteiger partial charge is 0.260 e. The van der Waals surface area contributed by atoms with Gasteiger partial charge in [0.05, 0.1) is 11.1 Å². The fourth-order valence-electron chi connectivity index (χ4n) is 3.37. The van der Waals surface area contributed by atoms with Crippen LogP contribution in [-0.2, 0) is 12.8 Å². The Hall–Kier alpha value is -2.54. The number of primary amides is 1. The summed E-state index contributed by atoms with van der Waals surface area (Å²) in [5, 5.41) is 3.39. The van der Waals surface area contributed by atoms with Gasteiger partial charge in [0.1, 0.15) is 5.00 Å². The van der Waals surface area contributed by atoms with Crippen LogP contribution in [0.3, 0.4) is 0 Å². The van der Waals surface area contributed by atoms with Crippen molar-refractivity contribution in [1.82, 2.24) is 0 Å². The van der Waals surface area contributed by atoms with Crippen molar-refractivity contribution in [3.63, 3.8) is 0 Å². The van der Waals surface area contributed by atoms with Crippen LogP contribution in [0.2, 0.25) is 0 Å². The van der Waals surface area contributed by atoms with Gasteiger partial charge in [-0.3, -0.25) is 9.59 Å². The first-order valence-corrected chi connectivity index (χ1v) is 9.11. The minimum absolute atomic E-state index is 0.0967. The van der Waals surface area contributed by atoms with Gasteiger partial charge in [-0.15, -0.1) is 11.3 Å². The molecule has 0 saturated heterocycles. The number of hydrogen-bond donors (Lipinski definition) is 2. The van der Waals surface area contributed by atoms with E-state index in [9.17, 15) is 9.59 Å². The number of para-hydroxylation sites is 1. The van der Waals surface area contributed by atoms with E-state index in [-0.39, 0.29) is 12.7 Å². The molecule has 3 N–H and O–H groups in total. The Labute approximate surface area is 148 Å². The quantitative estimate of drug-likeness (QED) is 0.825. The fourth-order valence-corrected chi connectivity index (χ4v) is 4.66. The first-order valence-electron chi connectivity index (χ1n) is 8.29. The second-order valence-electron chi connectivity index (χ2n) is 6.13. The minimum Gasteiger partial charge on any atom is -0.454 e. The van der Waals surface area contributed by atoms with Gasteiger partial charge in [0.15, 0.2) is 11.5 Å². The highest BCUT2D eigenvalue weighted by Gasteiger charge is 2.27. The predicted octanol–water partition coefficient (Wildman–Crippen LogP) is 3.10. The lowest BCUT2D eigenvalue weighted by Gasteiger charge is -2.08. The molecule has 2 amide bonds. The molecule has 1 aliphatic carbocycles. The molecule has 0 radical (unpaired) electrons. The maximum atomic E-state index is 12.7. The van der Waals surface area contributed by atoms with Crippen molar-refractivity contribution in [2.24, 2.45) is 5.73 Å². The zero-order valence-electron chi connectivity index (χ0n) is 13.6. The summed E-state index contributed by atoms with van der Waals surface area (Å²) in [5.74, 6) is 0.150. The average molecular weight is 358 g/mol. The monoisotopic (exact) mass is 358 g/mol. The summed E-state index contributed by atoms with van der Waals surface area (Å²) in [7, 11) is 0. The summed E-state index contributed by atoms with van der Waals surface area (Å²) in [6.45, 7) is 0.0967. The second kappa shape index (κ2) is 6.40. The zero-order valence-corrected chi connectivity index (χ0v) is 14.4.